The molecule has 0 unspecified atom stereocenters. The molecule has 3 heterocycles. The highest BCUT2D eigenvalue weighted by molar-refractivity contribution is 7.09. The highest BCUT2D eigenvalue weighted by Crippen LogP contribution is 2.27. The van der Waals surface area contributed by atoms with Crippen LogP contribution in [0.15, 0.2) is 47.8 Å². The van der Waals surface area contributed by atoms with Gasteiger partial charge in [-0.2, -0.15) is 0 Å². The Morgan fingerprint density at radius 3 is 2.83 bits per heavy atom. The summed E-state index contributed by atoms with van der Waals surface area (Å²) in [6.07, 6.45) is 3.16. The van der Waals surface area contributed by atoms with Crippen molar-refractivity contribution >= 4 is 28.8 Å². The third-order valence-electron chi connectivity index (χ3n) is 5.35. The molecule has 0 N–H and O–H groups in total. The van der Waals surface area contributed by atoms with Crippen molar-refractivity contribution in [2.24, 2.45) is 0 Å². The molecule has 1 saturated heterocycles. The van der Waals surface area contributed by atoms with Gasteiger partial charge in [0.15, 0.2) is 0 Å². The van der Waals surface area contributed by atoms with Gasteiger partial charge in [0, 0.05) is 47.2 Å². The van der Waals surface area contributed by atoms with Crippen molar-refractivity contribution in [3.05, 3.63) is 80.5 Å². The standard InChI is InChI=1S/C23H24ClN3OS/c1-16-25-20(15-29-16)13-23(28)27-11-5-7-18(14-27)22-10-4-8-19(26-22)12-17-6-2-3-9-21(17)24/h2-4,6,8-10,15,18H,5,7,11-14H2,1H3/t18-/m1/s1. The molecule has 150 valence electrons. The number of carbonyl (C=O) groups is 1. The number of rotatable bonds is 5. The molecule has 0 radical (unpaired) electrons. The lowest BCUT2D eigenvalue weighted by atomic mass is 9.93. The van der Waals surface area contributed by atoms with Crippen LogP contribution in [0.1, 0.15) is 46.4 Å². The number of amides is 1. The van der Waals surface area contributed by atoms with Gasteiger partial charge in [0.05, 0.1) is 17.1 Å². The SMILES string of the molecule is Cc1nc(CC(=O)N2CCC[C@@H](c3cccc(Cc4ccccc4Cl)n3)C2)cs1. The minimum Gasteiger partial charge on any atom is -0.342 e. The summed E-state index contributed by atoms with van der Waals surface area (Å²) < 4.78 is 0. The Labute approximate surface area is 180 Å². The summed E-state index contributed by atoms with van der Waals surface area (Å²) in [5.41, 5.74) is 4.03. The molecule has 0 spiro atoms. The Hall–Kier alpha value is -2.24. The molecule has 3 aromatic rings. The smallest absolute Gasteiger partial charge is 0.228 e. The molecule has 2 aromatic heterocycles. The van der Waals surface area contributed by atoms with Gasteiger partial charge in [-0.05, 0) is 43.5 Å². The van der Waals surface area contributed by atoms with Gasteiger partial charge < -0.3 is 4.90 Å². The minimum absolute atomic E-state index is 0.159. The normalized spacial score (nSPS) is 16.8. The fourth-order valence-corrected chi connectivity index (χ4v) is 4.68. The van der Waals surface area contributed by atoms with Crippen LogP contribution < -0.4 is 0 Å². The number of likely N-dealkylation sites (tertiary alicyclic amines) is 1. The first-order valence-electron chi connectivity index (χ1n) is 9.96. The van der Waals surface area contributed by atoms with E-state index in [9.17, 15) is 4.79 Å². The van der Waals surface area contributed by atoms with E-state index in [4.69, 9.17) is 16.6 Å². The fourth-order valence-electron chi connectivity index (χ4n) is 3.86. The zero-order chi connectivity index (χ0) is 20.2. The molecule has 1 aliphatic rings. The van der Waals surface area contributed by atoms with Crippen molar-refractivity contribution < 1.29 is 4.79 Å². The quantitative estimate of drug-likeness (QED) is 0.575. The second kappa shape index (κ2) is 9.06. The van der Waals surface area contributed by atoms with Crippen molar-refractivity contribution in [1.29, 1.82) is 0 Å². The molecule has 1 fully saturated rings. The molecule has 29 heavy (non-hydrogen) atoms. The predicted octanol–water partition coefficient (Wildman–Crippen LogP) is 5.04. The third-order valence-corrected chi connectivity index (χ3v) is 6.54. The highest BCUT2D eigenvalue weighted by atomic mass is 35.5. The van der Waals surface area contributed by atoms with E-state index >= 15 is 0 Å². The topological polar surface area (TPSA) is 46.1 Å². The fraction of sp³-hybridized carbons (Fsp3) is 0.348. The number of pyridine rings is 1. The van der Waals surface area contributed by atoms with Crippen LogP contribution in [0.5, 0.6) is 0 Å². The number of carbonyl (C=O) groups excluding carboxylic acids is 1. The molecular formula is C23H24ClN3OS. The van der Waals surface area contributed by atoms with E-state index in [-0.39, 0.29) is 11.8 Å². The largest absolute Gasteiger partial charge is 0.342 e. The van der Waals surface area contributed by atoms with E-state index in [2.05, 4.69) is 17.1 Å². The lowest BCUT2D eigenvalue weighted by Crippen LogP contribution is -2.40. The van der Waals surface area contributed by atoms with Crippen LogP contribution in [0.4, 0.5) is 0 Å². The van der Waals surface area contributed by atoms with E-state index in [1.165, 1.54) is 0 Å². The zero-order valence-electron chi connectivity index (χ0n) is 16.5. The summed E-state index contributed by atoms with van der Waals surface area (Å²) in [6.45, 7) is 3.51. The van der Waals surface area contributed by atoms with Crippen LogP contribution in [0, 0.1) is 6.92 Å². The summed E-state index contributed by atoms with van der Waals surface area (Å²) in [4.78, 5) is 24.1. The van der Waals surface area contributed by atoms with Crippen LogP contribution >= 0.6 is 22.9 Å². The van der Waals surface area contributed by atoms with Crippen molar-refractivity contribution in [3.63, 3.8) is 0 Å². The summed E-state index contributed by atoms with van der Waals surface area (Å²) in [5.74, 6) is 0.434. The number of nitrogens with zero attached hydrogens (tertiary/aromatic N) is 3. The predicted molar refractivity (Wildman–Crippen MR) is 118 cm³/mol. The maximum absolute atomic E-state index is 12.8. The number of halogens is 1. The number of piperidine rings is 1. The number of thiazole rings is 1. The van der Waals surface area contributed by atoms with Gasteiger partial charge in [0.25, 0.3) is 0 Å². The molecule has 6 heteroatoms. The van der Waals surface area contributed by atoms with Crippen molar-refractivity contribution in [3.8, 4) is 0 Å². The molecule has 0 aliphatic carbocycles. The molecule has 0 saturated carbocycles. The first kappa shape index (κ1) is 20.0. The molecule has 4 nitrogen and oxygen atoms in total. The summed E-state index contributed by atoms with van der Waals surface area (Å²) in [5, 5.41) is 3.75. The van der Waals surface area contributed by atoms with Crippen LogP contribution in [0.2, 0.25) is 5.02 Å². The first-order valence-corrected chi connectivity index (χ1v) is 11.2. The monoisotopic (exact) mass is 425 g/mol. The van der Waals surface area contributed by atoms with Gasteiger partial charge in [0.1, 0.15) is 0 Å². The van der Waals surface area contributed by atoms with Crippen LogP contribution in [-0.4, -0.2) is 33.9 Å². The lowest BCUT2D eigenvalue weighted by Gasteiger charge is -2.32. The van der Waals surface area contributed by atoms with E-state index in [1.807, 2.05) is 47.5 Å². The van der Waals surface area contributed by atoms with Gasteiger partial charge in [0.2, 0.25) is 5.91 Å². The van der Waals surface area contributed by atoms with Gasteiger partial charge >= 0.3 is 0 Å². The van der Waals surface area contributed by atoms with Gasteiger partial charge in [-0.15, -0.1) is 11.3 Å². The van der Waals surface area contributed by atoms with E-state index in [1.54, 1.807) is 11.3 Å². The van der Waals surface area contributed by atoms with Crippen molar-refractivity contribution in [2.75, 3.05) is 13.1 Å². The number of benzene rings is 1. The second-order valence-corrected chi connectivity index (χ2v) is 9.00. The summed E-state index contributed by atoms with van der Waals surface area (Å²) in [6, 6.07) is 14.1. The average Bonchev–Trinajstić information content (AvgIpc) is 3.14. The Morgan fingerprint density at radius 2 is 2.03 bits per heavy atom. The van der Waals surface area contributed by atoms with E-state index in [0.717, 1.165) is 58.6 Å². The Balaban J connectivity index is 1.44. The number of aryl methyl sites for hydroxylation is 1. The summed E-state index contributed by atoms with van der Waals surface area (Å²) >= 11 is 7.90. The first-order chi connectivity index (χ1) is 14.1. The van der Waals surface area contributed by atoms with Gasteiger partial charge in [-0.3, -0.25) is 9.78 Å². The third kappa shape index (κ3) is 5.03. The van der Waals surface area contributed by atoms with Gasteiger partial charge in [-0.1, -0.05) is 35.9 Å². The van der Waals surface area contributed by atoms with Crippen LogP contribution in [0.3, 0.4) is 0 Å². The van der Waals surface area contributed by atoms with Crippen molar-refractivity contribution in [1.82, 2.24) is 14.9 Å². The molecular weight excluding hydrogens is 402 g/mol. The Bertz CT molecular complexity index is 1000. The summed E-state index contributed by atoms with van der Waals surface area (Å²) in [7, 11) is 0. The van der Waals surface area contributed by atoms with Crippen LogP contribution in [-0.2, 0) is 17.6 Å². The lowest BCUT2D eigenvalue weighted by molar-refractivity contribution is -0.131. The Morgan fingerprint density at radius 1 is 1.17 bits per heavy atom. The Kier molecular flexibility index (Phi) is 6.26. The minimum atomic E-state index is 0.159. The number of aromatic nitrogens is 2. The zero-order valence-corrected chi connectivity index (χ0v) is 18.0. The molecule has 1 amide bonds. The molecule has 1 aliphatic heterocycles. The molecule has 0 bridgehead atoms. The number of hydrogen-bond donors (Lipinski definition) is 0. The average molecular weight is 426 g/mol. The molecule has 1 atom stereocenters. The van der Waals surface area contributed by atoms with E-state index < -0.39 is 0 Å². The highest BCUT2D eigenvalue weighted by Gasteiger charge is 2.26. The maximum atomic E-state index is 12.8. The van der Waals surface area contributed by atoms with E-state index in [0.29, 0.717) is 12.8 Å². The van der Waals surface area contributed by atoms with Gasteiger partial charge in [-0.25, -0.2) is 4.98 Å². The number of hydrogen-bond acceptors (Lipinski definition) is 4. The van der Waals surface area contributed by atoms with Crippen LogP contribution in [0.25, 0.3) is 0 Å². The maximum Gasteiger partial charge on any atom is 0.228 e. The second-order valence-electron chi connectivity index (χ2n) is 7.54. The van der Waals surface area contributed by atoms with Crippen molar-refractivity contribution in [2.45, 2.75) is 38.5 Å². The molecule has 1 aromatic carbocycles. The molecule has 4 rings (SSSR count).